The summed E-state index contributed by atoms with van der Waals surface area (Å²) in [6.07, 6.45) is 0.853. The number of nitrogens with one attached hydrogen (secondary N) is 1. The third-order valence-electron chi connectivity index (χ3n) is 3.57. The fourth-order valence-electron chi connectivity index (χ4n) is 2.33. The first-order chi connectivity index (χ1) is 8.60. The topological polar surface area (TPSA) is 47.6 Å². The van der Waals surface area contributed by atoms with Gasteiger partial charge in [-0.1, -0.05) is 6.92 Å². The molecule has 4 heteroatoms. The molecule has 1 aliphatic heterocycles. The highest BCUT2D eigenvalue weighted by Crippen LogP contribution is 2.34. The molecule has 18 heavy (non-hydrogen) atoms. The molecule has 0 radical (unpaired) electrons. The molecule has 2 rings (SSSR count). The second-order valence-electron chi connectivity index (χ2n) is 4.88. The molecule has 0 aliphatic carbocycles. The normalized spacial score (nSPS) is 22.8. The van der Waals surface area contributed by atoms with E-state index in [1.54, 1.807) is 32.4 Å². The summed E-state index contributed by atoms with van der Waals surface area (Å²) in [5.74, 6) is 1.39. The highest BCUT2D eigenvalue weighted by atomic mass is 16.5. The number of hydrogen-bond donors (Lipinski definition) is 1. The summed E-state index contributed by atoms with van der Waals surface area (Å²) < 4.78 is 10.5. The molecule has 1 N–H and O–H groups in total. The van der Waals surface area contributed by atoms with Crippen molar-refractivity contribution in [2.24, 2.45) is 5.41 Å². The second-order valence-corrected chi connectivity index (χ2v) is 4.88. The second kappa shape index (κ2) is 4.98. The van der Waals surface area contributed by atoms with E-state index in [4.69, 9.17) is 9.47 Å². The summed E-state index contributed by atoms with van der Waals surface area (Å²) in [6.45, 7) is 3.59. The van der Waals surface area contributed by atoms with Gasteiger partial charge in [0.05, 0.1) is 19.8 Å². The lowest BCUT2D eigenvalue weighted by Crippen LogP contribution is -2.30. The van der Waals surface area contributed by atoms with Crippen molar-refractivity contribution in [3.63, 3.8) is 0 Å². The molecule has 1 aromatic carbocycles. The third kappa shape index (κ3) is 2.20. The number of carbonyl (C=O) groups is 1. The summed E-state index contributed by atoms with van der Waals surface area (Å²) in [4.78, 5) is 12.6. The van der Waals surface area contributed by atoms with Crippen LogP contribution >= 0.6 is 0 Å². The number of Topliss-reactive ketones (excluding diaryl/α,β-unsaturated/α-hetero) is 1. The Hall–Kier alpha value is -1.55. The average molecular weight is 249 g/mol. The lowest BCUT2D eigenvalue weighted by atomic mass is 9.81. The minimum atomic E-state index is -0.348. The van der Waals surface area contributed by atoms with Gasteiger partial charge in [0, 0.05) is 12.0 Å². The van der Waals surface area contributed by atoms with Crippen molar-refractivity contribution >= 4 is 5.78 Å². The van der Waals surface area contributed by atoms with Gasteiger partial charge in [0.1, 0.15) is 11.5 Å². The number of hydrogen-bond acceptors (Lipinski definition) is 4. The molecule has 98 valence electrons. The Morgan fingerprint density at radius 3 is 2.67 bits per heavy atom. The van der Waals surface area contributed by atoms with Gasteiger partial charge in [-0.25, -0.2) is 0 Å². The lowest BCUT2D eigenvalue weighted by molar-refractivity contribution is 0.0836. The maximum absolute atomic E-state index is 12.6. The molecule has 4 nitrogen and oxygen atoms in total. The molecule has 1 aliphatic rings. The summed E-state index contributed by atoms with van der Waals surface area (Å²) >= 11 is 0. The van der Waals surface area contributed by atoms with Gasteiger partial charge in [0.25, 0.3) is 0 Å². The van der Waals surface area contributed by atoms with Crippen LogP contribution < -0.4 is 14.8 Å². The van der Waals surface area contributed by atoms with Crippen LogP contribution in [0.2, 0.25) is 0 Å². The molecule has 0 bridgehead atoms. The van der Waals surface area contributed by atoms with Crippen molar-refractivity contribution in [1.29, 1.82) is 0 Å². The molecule has 1 aromatic rings. The molecule has 1 fully saturated rings. The molecular formula is C14H19NO3. The highest BCUT2D eigenvalue weighted by molar-refractivity contribution is 6.03. The van der Waals surface area contributed by atoms with Crippen LogP contribution in [0.5, 0.6) is 11.5 Å². The number of ketones is 1. The van der Waals surface area contributed by atoms with Gasteiger partial charge >= 0.3 is 0 Å². The smallest absolute Gasteiger partial charge is 0.173 e. The van der Waals surface area contributed by atoms with E-state index in [0.717, 1.165) is 13.0 Å². The molecule has 0 aromatic heterocycles. The maximum Gasteiger partial charge on any atom is 0.173 e. The molecule has 1 unspecified atom stereocenters. The third-order valence-corrected chi connectivity index (χ3v) is 3.57. The van der Waals surface area contributed by atoms with E-state index in [0.29, 0.717) is 23.6 Å². The van der Waals surface area contributed by atoms with E-state index < -0.39 is 0 Å². The van der Waals surface area contributed by atoms with Crippen molar-refractivity contribution in [2.75, 3.05) is 27.3 Å². The van der Waals surface area contributed by atoms with Crippen LogP contribution in [0, 0.1) is 5.41 Å². The van der Waals surface area contributed by atoms with Crippen molar-refractivity contribution in [3.8, 4) is 11.5 Å². The van der Waals surface area contributed by atoms with Gasteiger partial charge in [-0.05, 0) is 31.2 Å². The van der Waals surface area contributed by atoms with Crippen molar-refractivity contribution in [1.82, 2.24) is 5.32 Å². The first-order valence-corrected chi connectivity index (χ1v) is 6.08. The zero-order valence-electron chi connectivity index (χ0n) is 11.1. The Morgan fingerprint density at radius 1 is 1.33 bits per heavy atom. The molecule has 0 saturated carbocycles. The summed E-state index contributed by atoms with van der Waals surface area (Å²) in [5.41, 5.74) is 0.252. The lowest BCUT2D eigenvalue weighted by Gasteiger charge is -2.22. The van der Waals surface area contributed by atoms with Crippen molar-refractivity contribution in [2.45, 2.75) is 13.3 Å². The molecular weight excluding hydrogens is 230 g/mol. The largest absolute Gasteiger partial charge is 0.497 e. The van der Waals surface area contributed by atoms with E-state index in [-0.39, 0.29) is 11.2 Å². The predicted molar refractivity (Wildman–Crippen MR) is 69.5 cm³/mol. The monoisotopic (exact) mass is 249 g/mol. The molecule has 0 spiro atoms. The van der Waals surface area contributed by atoms with Gasteiger partial charge in [0.2, 0.25) is 0 Å². The molecule has 1 heterocycles. The minimum Gasteiger partial charge on any atom is -0.497 e. The van der Waals surface area contributed by atoms with E-state index >= 15 is 0 Å². The predicted octanol–water partition coefficient (Wildman–Crippen LogP) is 1.89. The SMILES string of the molecule is COc1ccc(OC)c(C(=O)C2(C)CCNC2)c1. The number of carbonyl (C=O) groups excluding carboxylic acids is 1. The first-order valence-electron chi connectivity index (χ1n) is 6.08. The van der Waals surface area contributed by atoms with E-state index in [2.05, 4.69) is 5.32 Å². The van der Waals surface area contributed by atoms with Crippen LogP contribution in [-0.4, -0.2) is 33.1 Å². The van der Waals surface area contributed by atoms with Crippen molar-refractivity contribution in [3.05, 3.63) is 23.8 Å². The molecule has 0 amide bonds. The molecule has 1 saturated heterocycles. The number of benzene rings is 1. The maximum atomic E-state index is 12.6. The average Bonchev–Trinajstić information content (AvgIpc) is 2.85. The van der Waals surface area contributed by atoms with Crippen LogP contribution in [0.25, 0.3) is 0 Å². The van der Waals surface area contributed by atoms with E-state index in [1.165, 1.54) is 0 Å². The summed E-state index contributed by atoms with van der Waals surface area (Å²) in [6, 6.07) is 5.33. The Labute approximate surface area is 107 Å². The zero-order chi connectivity index (χ0) is 13.2. The van der Waals surface area contributed by atoms with Gasteiger partial charge in [0.15, 0.2) is 5.78 Å². The standard InChI is InChI=1S/C14H19NO3/c1-14(6-7-15-9-14)13(16)11-8-10(17-2)4-5-12(11)18-3/h4-5,8,15H,6-7,9H2,1-3H3. The summed E-state index contributed by atoms with van der Waals surface area (Å²) in [5, 5.41) is 3.24. The fourth-order valence-corrected chi connectivity index (χ4v) is 2.33. The van der Waals surface area contributed by atoms with Crippen LogP contribution in [0.15, 0.2) is 18.2 Å². The van der Waals surface area contributed by atoms with Crippen LogP contribution in [0.3, 0.4) is 0 Å². The number of ether oxygens (including phenoxy) is 2. The Morgan fingerprint density at radius 2 is 2.11 bits per heavy atom. The first kappa shape index (κ1) is 12.9. The number of rotatable bonds is 4. The molecule has 1 atom stereocenters. The van der Waals surface area contributed by atoms with Crippen LogP contribution in [-0.2, 0) is 0 Å². The fraction of sp³-hybridized carbons (Fsp3) is 0.500. The van der Waals surface area contributed by atoms with Gasteiger partial charge in [-0.15, -0.1) is 0 Å². The highest BCUT2D eigenvalue weighted by Gasteiger charge is 2.38. The number of methoxy groups -OCH3 is 2. The van der Waals surface area contributed by atoms with Crippen LogP contribution in [0.1, 0.15) is 23.7 Å². The van der Waals surface area contributed by atoms with Gasteiger partial charge in [-0.2, -0.15) is 0 Å². The Balaban J connectivity index is 2.39. The van der Waals surface area contributed by atoms with E-state index in [1.807, 2.05) is 6.92 Å². The Bertz CT molecular complexity index is 450. The van der Waals surface area contributed by atoms with Gasteiger partial charge < -0.3 is 14.8 Å². The summed E-state index contributed by atoms with van der Waals surface area (Å²) in [7, 11) is 3.17. The minimum absolute atomic E-state index is 0.114. The van der Waals surface area contributed by atoms with Gasteiger partial charge in [-0.3, -0.25) is 4.79 Å². The van der Waals surface area contributed by atoms with Crippen molar-refractivity contribution < 1.29 is 14.3 Å². The van der Waals surface area contributed by atoms with E-state index in [9.17, 15) is 4.79 Å². The van der Waals surface area contributed by atoms with Crippen LogP contribution in [0.4, 0.5) is 0 Å². The zero-order valence-corrected chi connectivity index (χ0v) is 11.1. The quantitative estimate of drug-likeness (QED) is 0.828. The Kier molecular flexibility index (Phi) is 3.57.